The minimum absolute atomic E-state index is 0.101. The molecule has 122 valence electrons. The van der Waals surface area contributed by atoms with Gasteiger partial charge in [0.1, 0.15) is 0 Å². The molecule has 3 rings (SSSR count). The molecule has 0 aliphatic carbocycles. The van der Waals surface area contributed by atoms with Crippen LogP contribution in [0.15, 0.2) is 36.0 Å². The number of nitrogens with zero attached hydrogens (tertiary/aromatic N) is 4. The van der Waals surface area contributed by atoms with Gasteiger partial charge in [-0.05, 0) is 0 Å². The Hall–Kier alpha value is -3.34. The third-order valence-electron chi connectivity index (χ3n) is 3.16. The lowest BCUT2D eigenvalue weighted by Crippen LogP contribution is -2.23. The van der Waals surface area contributed by atoms with Gasteiger partial charge in [-0.15, -0.1) is 11.3 Å². The lowest BCUT2D eigenvalue weighted by molar-refractivity contribution is -0.394. The highest BCUT2D eigenvalue weighted by Gasteiger charge is 2.19. The summed E-state index contributed by atoms with van der Waals surface area (Å²) in [5.74, 6) is -0.654. The first-order valence-electron chi connectivity index (χ1n) is 6.57. The number of hydrogen-bond acceptors (Lipinski definition) is 7. The van der Waals surface area contributed by atoms with Crippen molar-refractivity contribution in [2.24, 2.45) is 0 Å². The zero-order chi connectivity index (χ0) is 17.3. The largest absolute Gasteiger partial charge is 0.346 e. The number of thiazole rings is 1. The van der Waals surface area contributed by atoms with Crippen molar-refractivity contribution in [2.75, 3.05) is 0 Å². The lowest BCUT2D eigenvalue weighted by Gasteiger charge is -2.03. The third kappa shape index (κ3) is 3.05. The summed E-state index contributed by atoms with van der Waals surface area (Å²) in [6.07, 6.45) is 3.56. The maximum absolute atomic E-state index is 12.1. The molecule has 0 fully saturated rings. The van der Waals surface area contributed by atoms with E-state index in [1.54, 1.807) is 10.6 Å². The molecule has 0 aliphatic rings. The number of nitro groups is 2. The smallest absolute Gasteiger partial charge is 0.277 e. The van der Waals surface area contributed by atoms with Gasteiger partial charge in [0.25, 0.3) is 17.3 Å². The highest BCUT2D eigenvalue weighted by molar-refractivity contribution is 7.15. The van der Waals surface area contributed by atoms with Gasteiger partial charge in [-0.3, -0.25) is 29.4 Å². The Morgan fingerprint density at radius 3 is 2.46 bits per heavy atom. The van der Waals surface area contributed by atoms with E-state index in [9.17, 15) is 25.0 Å². The van der Waals surface area contributed by atoms with E-state index in [0.29, 0.717) is 5.69 Å². The minimum atomic E-state index is -0.784. The molecule has 1 aromatic carbocycles. The van der Waals surface area contributed by atoms with Crippen LogP contribution < -0.4 is 5.32 Å². The molecule has 11 heteroatoms. The number of nitro benzene ring substituents is 2. The molecule has 0 aliphatic heterocycles. The number of amides is 1. The fourth-order valence-electron chi connectivity index (χ4n) is 2.07. The number of nitrogens with one attached hydrogen (secondary N) is 1. The fourth-order valence-corrected chi connectivity index (χ4v) is 2.79. The van der Waals surface area contributed by atoms with Crippen LogP contribution in [0.25, 0.3) is 4.96 Å². The normalized spacial score (nSPS) is 10.7. The Balaban J connectivity index is 1.79. The predicted octanol–water partition coefficient (Wildman–Crippen LogP) is 2.14. The Morgan fingerprint density at radius 1 is 1.21 bits per heavy atom. The van der Waals surface area contributed by atoms with Gasteiger partial charge in [0.2, 0.25) is 0 Å². The van der Waals surface area contributed by atoms with Crippen LogP contribution in [0.5, 0.6) is 0 Å². The van der Waals surface area contributed by atoms with Crippen LogP contribution in [0.3, 0.4) is 0 Å². The van der Waals surface area contributed by atoms with E-state index < -0.39 is 27.1 Å². The zero-order valence-corrected chi connectivity index (χ0v) is 12.7. The van der Waals surface area contributed by atoms with Crippen molar-refractivity contribution in [3.8, 4) is 0 Å². The SMILES string of the molecule is O=C(NCc1cn2ccsc2n1)c1cc([N+](=O)[O-])cc([N+](=O)[O-])c1. The molecular weight excluding hydrogens is 338 g/mol. The van der Waals surface area contributed by atoms with E-state index in [1.165, 1.54) is 11.3 Å². The van der Waals surface area contributed by atoms with Crippen LogP contribution in [-0.2, 0) is 6.54 Å². The van der Waals surface area contributed by atoms with Gasteiger partial charge in [0.05, 0.1) is 33.7 Å². The van der Waals surface area contributed by atoms with Crippen LogP contribution >= 0.6 is 11.3 Å². The summed E-state index contributed by atoms with van der Waals surface area (Å²) >= 11 is 1.44. The fraction of sp³-hybridized carbons (Fsp3) is 0.0769. The monoisotopic (exact) mass is 347 g/mol. The van der Waals surface area contributed by atoms with Crippen molar-refractivity contribution in [1.82, 2.24) is 14.7 Å². The molecular formula is C13H9N5O5S. The molecule has 2 aromatic heterocycles. The molecule has 24 heavy (non-hydrogen) atoms. The van der Waals surface area contributed by atoms with E-state index in [2.05, 4.69) is 10.3 Å². The number of hydrogen-bond donors (Lipinski definition) is 1. The number of non-ortho nitro benzene ring substituents is 2. The lowest BCUT2D eigenvalue weighted by atomic mass is 10.1. The Kier molecular flexibility index (Phi) is 3.92. The van der Waals surface area contributed by atoms with E-state index >= 15 is 0 Å². The van der Waals surface area contributed by atoms with Gasteiger partial charge in [-0.25, -0.2) is 4.98 Å². The van der Waals surface area contributed by atoms with E-state index in [0.717, 1.165) is 23.2 Å². The molecule has 2 heterocycles. The number of benzene rings is 1. The van der Waals surface area contributed by atoms with E-state index in [4.69, 9.17) is 0 Å². The first-order valence-corrected chi connectivity index (χ1v) is 7.45. The average Bonchev–Trinajstić information content (AvgIpc) is 3.13. The molecule has 0 saturated carbocycles. The average molecular weight is 347 g/mol. The summed E-state index contributed by atoms with van der Waals surface area (Å²) in [4.78, 5) is 37.3. The van der Waals surface area contributed by atoms with Crippen LogP contribution in [0.4, 0.5) is 11.4 Å². The maximum atomic E-state index is 12.1. The molecule has 0 bridgehead atoms. The molecule has 1 N–H and O–H groups in total. The highest BCUT2D eigenvalue weighted by Crippen LogP contribution is 2.22. The van der Waals surface area contributed by atoms with E-state index in [1.807, 2.05) is 11.6 Å². The number of imidazole rings is 1. The molecule has 10 nitrogen and oxygen atoms in total. The molecule has 0 saturated heterocycles. The summed E-state index contributed by atoms with van der Waals surface area (Å²) in [6.45, 7) is 0.101. The Morgan fingerprint density at radius 2 is 1.88 bits per heavy atom. The first-order chi connectivity index (χ1) is 11.4. The topological polar surface area (TPSA) is 133 Å². The number of aromatic nitrogens is 2. The van der Waals surface area contributed by atoms with Gasteiger partial charge in [-0.2, -0.15) is 0 Å². The molecule has 0 radical (unpaired) electrons. The summed E-state index contributed by atoms with van der Waals surface area (Å²) in [5, 5.41) is 26.1. The summed E-state index contributed by atoms with van der Waals surface area (Å²) in [6, 6.07) is 2.79. The first kappa shape index (κ1) is 15.6. The van der Waals surface area contributed by atoms with E-state index in [-0.39, 0.29) is 12.1 Å². The van der Waals surface area contributed by atoms with Crippen molar-refractivity contribution < 1.29 is 14.6 Å². The van der Waals surface area contributed by atoms with Crippen molar-refractivity contribution in [1.29, 1.82) is 0 Å². The molecule has 1 amide bonds. The van der Waals surface area contributed by atoms with Gasteiger partial charge in [-0.1, -0.05) is 0 Å². The number of rotatable bonds is 5. The second-order valence-corrected chi connectivity index (χ2v) is 5.63. The standard InChI is InChI=1S/C13H9N5O5S/c19-12(14-6-9-7-16-1-2-24-13(16)15-9)8-3-10(17(20)21)5-11(4-8)18(22)23/h1-5,7H,6H2,(H,14,19). The van der Waals surface area contributed by atoms with Crippen molar-refractivity contribution in [3.05, 3.63) is 67.5 Å². The predicted molar refractivity (Wildman–Crippen MR) is 84.0 cm³/mol. The third-order valence-corrected chi connectivity index (χ3v) is 3.93. The van der Waals surface area contributed by atoms with Crippen molar-refractivity contribution >= 4 is 33.6 Å². The van der Waals surface area contributed by atoms with Gasteiger partial charge in [0.15, 0.2) is 4.96 Å². The molecule has 0 atom stereocenters. The summed E-state index contributed by atoms with van der Waals surface area (Å²) in [7, 11) is 0. The van der Waals surface area contributed by atoms with Crippen molar-refractivity contribution in [2.45, 2.75) is 6.54 Å². The van der Waals surface area contributed by atoms with Crippen molar-refractivity contribution in [3.63, 3.8) is 0 Å². The highest BCUT2D eigenvalue weighted by atomic mass is 32.1. The molecule has 0 spiro atoms. The maximum Gasteiger partial charge on any atom is 0.277 e. The number of carbonyl (C=O) groups excluding carboxylic acids is 1. The Bertz CT molecular complexity index is 902. The summed E-state index contributed by atoms with van der Waals surface area (Å²) in [5.41, 5.74) is -0.583. The number of carbonyl (C=O) groups is 1. The van der Waals surface area contributed by atoms with Gasteiger partial charge >= 0.3 is 0 Å². The Labute approximate surface area is 137 Å². The second-order valence-electron chi connectivity index (χ2n) is 4.76. The van der Waals surface area contributed by atoms with Gasteiger partial charge in [0, 0.05) is 29.9 Å². The van der Waals surface area contributed by atoms with Gasteiger partial charge < -0.3 is 5.32 Å². The quantitative estimate of drug-likeness (QED) is 0.555. The van der Waals surface area contributed by atoms with Crippen LogP contribution in [-0.4, -0.2) is 25.1 Å². The molecule has 0 unspecified atom stereocenters. The van der Waals surface area contributed by atoms with Crippen LogP contribution in [0.1, 0.15) is 16.1 Å². The van der Waals surface area contributed by atoms with Crippen LogP contribution in [0.2, 0.25) is 0 Å². The second kappa shape index (κ2) is 6.04. The summed E-state index contributed by atoms with van der Waals surface area (Å²) < 4.78 is 1.80. The van der Waals surface area contributed by atoms with Crippen LogP contribution in [0, 0.1) is 20.2 Å². The molecule has 3 aromatic rings. The zero-order valence-electron chi connectivity index (χ0n) is 11.9. The minimum Gasteiger partial charge on any atom is -0.346 e. The number of fused-ring (bicyclic) bond motifs is 1.